The number of hydrogen-bond acceptors (Lipinski definition) is 4. The van der Waals surface area contributed by atoms with Crippen molar-refractivity contribution in [1.29, 1.82) is 0 Å². The molecule has 1 fully saturated rings. The van der Waals surface area contributed by atoms with Gasteiger partial charge in [0, 0.05) is 35.7 Å². The average molecular weight is 279 g/mol. The van der Waals surface area contributed by atoms with Crippen LogP contribution < -0.4 is 19.5 Å². The Morgan fingerprint density at radius 3 is 2.15 bits per heavy atom. The summed E-state index contributed by atoms with van der Waals surface area (Å²) in [6, 6.07) is 4.85. The SMILES string of the molecule is CCC1NC(C)CC1c1c(OC)cc(OC)cc1OC. The number of benzene rings is 1. The standard InChI is InChI=1S/C16H25NO3/c1-6-13-12(7-10(2)17-13)16-14(19-4)8-11(18-3)9-15(16)20-5/h8-10,12-13,17H,6-7H2,1-5H3. The van der Waals surface area contributed by atoms with Gasteiger partial charge in [0.2, 0.25) is 0 Å². The number of nitrogens with one attached hydrogen (secondary N) is 1. The molecule has 20 heavy (non-hydrogen) atoms. The second kappa shape index (κ2) is 6.35. The Labute approximate surface area is 121 Å². The van der Waals surface area contributed by atoms with E-state index in [4.69, 9.17) is 14.2 Å². The lowest BCUT2D eigenvalue weighted by atomic mass is 9.88. The molecule has 2 rings (SSSR count). The van der Waals surface area contributed by atoms with Crippen molar-refractivity contribution in [2.24, 2.45) is 0 Å². The van der Waals surface area contributed by atoms with E-state index in [1.165, 1.54) is 0 Å². The van der Waals surface area contributed by atoms with E-state index in [1.54, 1.807) is 21.3 Å². The monoisotopic (exact) mass is 279 g/mol. The minimum Gasteiger partial charge on any atom is -0.496 e. The molecule has 1 heterocycles. The van der Waals surface area contributed by atoms with Crippen molar-refractivity contribution >= 4 is 0 Å². The van der Waals surface area contributed by atoms with Crippen LogP contribution >= 0.6 is 0 Å². The van der Waals surface area contributed by atoms with Gasteiger partial charge in [0.25, 0.3) is 0 Å². The van der Waals surface area contributed by atoms with Gasteiger partial charge in [-0.15, -0.1) is 0 Å². The fourth-order valence-corrected chi connectivity index (χ4v) is 3.21. The fraction of sp³-hybridized carbons (Fsp3) is 0.625. The zero-order chi connectivity index (χ0) is 14.7. The van der Waals surface area contributed by atoms with Crippen LogP contribution in [0.5, 0.6) is 17.2 Å². The van der Waals surface area contributed by atoms with E-state index in [-0.39, 0.29) is 0 Å². The van der Waals surface area contributed by atoms with Gasteiger partial charge < -0.3 is 19.5 Å². The van der Waals surface area contributed by atoms with E-state index in [9.17, 15) is 0 Å². The Bertz CT molecular complexity index is 436. The molecule has 3 unspecified atom stereocenters. The van der Waals surface area contributed by atoms with Crippen molar-refractivity contribution in [3.05, 3.63) is 17.7 Å². The molecule has 112 valence electrons. The number of rotatable bonds is 5. The predicted molar refractivity (Wildman–Crippen MR) is 80.1 cm³/mol. The van der Waals surface area contributed by atoms with Gasteiger partial charge in [0.15, 0.2) is 0 Å². The number of hydrogen-bond donors (Lipinski definition) is 1. The van der Waals surface area contributed by atoms with Gasteiger partial charge in [-0.05, 0) is 19.8 Å². The third-order valence-corrected chi connectivity index (χ3v) is 4.16. The molecule has 3 atom stereocenters. The van der Waals surface area contributed by atoms with Crippen molar-refractivity contribution in [3.8, 4) is 17.2 Å². The van der Waals surface area contributed by atoms with Crippen LogP contribution in [0.3, 0.4) is 0 Å². The molecule has 4 nitrogen and oxygen atoms in total. The molecule has 0 spiro atoms. The largest absolute Gasteiger partial charge is 0.496 e. The Morgan fingerprint density at radius 2 is 1.70 bits per heavy atom. The van der Waals surface area contributed by atoms with Crippen LogP contribution in [0.2, 0.25) is 0 Å². The summed E-state index contributed by atoms with van der Waals surface area (Å²) in [6.07, 6.45) is 2.19. The Morgan fingerprint density at radius 1 is 1.10 bits per heavy atom. The Hall–Kier alpha value is -1.42. The zero-order valence-electron chi connectivity index (χ0n) is 13.0. The second-order valence-electron chi connectivity index (χ2n) is 5.37. The molecule has 0 aromatic heterocycles. The van der Waals surface area contributed by atoms with Crippen LogP contribution in [0.1, 0.15) is 38.2 Å². The molecule has 1 aliphatic heterocycles. The summed E-state index contributed by atoms with van der Waals surface area (Å²) < 4.78 is 16.5. The summed E-state index contributed by atoms with van der Waals surface area (Å²) in [7, 11) is 5.05. The molecule has 0 radical (unpaired) electrons. The summed E-state index contributed by atoms with van der Waals surface area (Å²) in [5.41, 5.74) is 1.15. The third kappa shape index (κ3) is 2.70. The lowest BCUT2D eigenvalue weighted by Crippen LogP contribution is -2.28. The first-order valence-electron chi connectivity index (χ1n) is 7.20. The summed E-state index contributed by atoms with van der Waals surface area (Å²) in [6.45, 7) is 4.44. The molecule has 0 saturated carbocycles. The molecule has 0 amide bonds. The molecule has 1 N–H and O–H groups in total. The summed E-state index contributed by atoms with van der Waals surface area (Å²) >= 11 is 0. The Balaban J connectivity index is 2.48. The van der Waals surface area contributed by atoms with Gasteiger partial charge in [-0.3, -0.25) is 0 Å². The molecule has 1 aliphatic rings. The molecule has 0 bridgehead atoms. The molecule has 4 heteroatoms. The van der Waals surface area contributed by atoms with Gasteiger partial charge in [-0.1, -0.05) is 6.92 Å². The van der Waals surface area contributed by atoms with Crippen LogP contribution in [-0.2, 0) is 0 Å². The predicted octanol–water partition coefficient (Wildman–Crippen LogP) is 2.96. The van der Waals surface area contributed by atoms with Crippen LogP contribution in [0, 0.1) is 0 Å². The molecular formula is C16H25NO3. The lowest BCUT2D eigenvalue weighted by molar-refractivity contribution is 0.359. The summed E-state index contributed by atoms with van der Waals surface area (Å²) in [5, 5.41) is 3.64. The second-order valence-corrected chi connectivity index (χ2v) is 5.37. The molecule has 1 saturated heterocycles. The Kier molecular flexibility index (Phi) is 4.76. The van der Waals surface area contributed by atoms with Crippen LogP contribution in [0.15, 0.2) is 12.1 Å². The minimum absolute atomic E-state index is 0.408. The molecule has 1 aromatic carbocycles. The molecular weight excluding hydrogens is 254 g/mol. The van der Waals surface area contributed by atoms with Crippen LogP contribution in [-0.4, -0.2) is 33.4 Å². The highest BCUT2D eigenvalue weighted by molar-refractivity contribution is 5.53. The number of ether oxygens (including phenoxy) is 3. The van der Waals surface area contributed by atoms with Crippen molar-refractivity contribution in [2.75, 3.05) is 21.3 Å². The fourth-order valence-electron chi connectivity index (χ4n) is 3.21. The zero-order valence-corrected chi connectivity index (χ0v) is 13.0. The smallest absolute Gasteiger partial charge is 0.129 e. The van der Waals surface area contributed by atoms with Gasteiger partial charge in [0.05, 0.1) is 21.3 Å². The van der Waals surface area contributed by atoms with Gasteiger partial charge in [-0.25, -0.2) is 0 Å². The first-order valence-corrected chi connectivity index (χ1v) is 7.20. The highest BCUT2D eigenvalue weighted by Gasteiger charge is 2.35. The van der Waals surface area contributed by atoms with Crippen LogP contribution in [0.4, 0.5) is 0 Å². The third-order valence-electron chi connectivity index (χ3n) is 4.16. The topological polar surface area (TPSA) is 39.7 Å². The maximum atomic E-state index is 5.58. The van der Waals surface area contributed by atoms with E-state index in [0.29, 0.717) is 18.0 Å². The van der Waals surface area contributed by atoms with Gasteiger partial charge in [-0.2, -0.15) is 0 Å². The van der Waals surface area contributed by atoms with E-state index in [1.807, 2.05) is 12.1 Å². The van der Waals surface area contributed by atoms with Gasteiger partial charge in [0.1, 0.15) is 17.2 Å². The first kappa shape index (κ1) is 15.0. The van der Waals surface area contributed by atoms with Crippen molar-refractivity contribution in [3.63, 3.8) is 0 Å². The first-order chi connectivity index (χ1) is 9.64. The minimum atomic E-state index is 0.408. The normalized spacial score (nSPS) is 25.6. The molecule has 0 aliphatic carbocycles. The highest BCUT2D eigenvalue weighted by atomic mass is 16.5. The van der Waals surface area contributed by atoms with Crippen molar-refractivity contribution < 1.29 is 14.2 Å². The van der Waals surface area contributed by atoms with Crippen molar-refractivity contribution in [1.82, 2.24) is 5.32 Å². The summed E-state index contributed by atoms with van der Waals surface area (Å²) in [5.74, 6) is 2.86. The van der Waals surface area contributed by atoms with Crippen molar-refractivity contribution in [2.45, 2.75) is 44.7 Å². The number of methoxy groups -OCH3 is 3. The van der Waals surface area contributed by atoms with E-state index in [0.717, 1.165) is 35.7 Å². The van der Waals surface area contributed by atoms with E-state index >= 15 is 0 Å². The van der Waals surface area contributed by atoms with Crippen LogP contribution in [0.25, 0.3) is 0 Å². The highest BCUT2D eigenvalue weighted by Crippen LogP contribution is 2.44. The maximum Gasteiger partial charge on any atom is 0.129 e. The quantitative estimate of drug-likeness (QED) is 0.899. The van der Waals surface area contributed by atoms with E-state index < -0.39 is 0 Å². The molecule has 1 aromatic rings. The van der Waals surface area contributed by atoms with Gasteiger partial charge >= 0.3 is 0 Å². The van der Waals surface area contributed by atoms with E-state index in [2.05, 4.69) is 19.2 Å². The summed E-state index contributed by atoms with van der Waals surface area (Å²) in [4.78, 5) is 0. The maximum absolute atomic E-state index is 5.58. The average Bonchev–Trinajstić information content (AvgIpc) is 2.86. The lowest BCUT2D eigenvalue weighted by Gasteiger charge is -2.23.